The van der Waals surface area contributed by atoms with Crippen LogP contribution in [0.3, 0.4) is 0 Å². The number of halogens is 1. The Labute approximate surface area is 220 Å². The summed E-state index contributed by atoms with van der Waals surface area (Å²) >= 11 is 1.75. The lowest BCUT2D eigenvalue weighted by Crippen LogP contribution is -2.49. The summed E-state index contributed by atoms with van der Waals surface area (Å²) in [5.41, 5.74) is 3.62. The summed E-state index contributed by atoms with van der Waals surface area (Å²) in [5, 5.41) is 4.52. The SMILES string of the molecule is C=CC(=O)N1CCN(c2nc(=O)n3c4c(c(-c5ccc(F)cc5)c(C)cc24)SCC(NCCC)C3)CC1. The normalized spacial score (nSPS) is 17.6. The zero-order valence-electron chi connectivity index (χ0n) is 21.3. The minimum atomic E-state index is -0.276. The molecule has 1 unspecified atom stereocenters. The highest BCUT2D eigenvalue weighted by Crippen LogP contribution is 2.43. The topological polar surface area (TPSA) is 70.5 Å². The van der Waals surface area contributed by atoms with Crippen molar-refractivity contribution in [2.75, 3.05) is 43.4 Å². The number of carbonyl (C=O) groups excluding carboxylic acids is 1. The molecule has 2 aromatic carbocycles. The first-order chi connectivity index (χ1) is 17.9. The molecule has 1 N–H and O–H groups in total. The second-order valence-corrected chi connectivity index (χ2v) is 10.6. The Morgan fingerprint density at radius 2 is 1.97 bits per heavy atom. The number of rotatable bonds is 6. The van der Waals surface area contributed by atoms with Crippen LogP contribution in [-0.4, -0.2) is 64.9 Å². The van der Waals surface area contributed by atoms with Crippen LogP contribution in [0.15, 0.2) is 52.7 Å². The number of nitrogens with zero attached hydrogens (tertiary/aromatic N) is 4. The van der Waals surface area contributed by atoms with E-state index >= 15 is 0 Å². The molecule has 37 heavy (non-hydrogen) atoms. The third kappa shape index (κ3) is 4.90. The molecule has 1 fully saturated rings. The Kier molecular flexibility index (Phi) is 7.35. The molecule has 0 radical (unpaired) electrons. The van der Waals surface area contributed by atoms with Gasteiger partial charge < -0.3 is 15.1 Å². The highest BCUT2D eigenvalue weighted by molar-refractivity contribution is 7.99. The summed E-state index contributed by atoms with van der Waals surface area (Å²) in [5.74, 6) is 1.12. The highest BCUT2D eigenvalue weighted by atomic mass is 32.2. The van der Waals surface area contributed by atoms with Gasteiger partial charge in [-0.25, -0.2) is 9.18 Å². The van der Waals surface area contributed by atoms with Gasteiger partial charge in [-0.1, -0.05) is 25.6 Å². The van der Waals surface area contributed by atoms with Crippen LogP contribution < -0.4 is 15.9 Å². The number of benzene rings is 2. The lowest BCUT2D eigenvalue weighted by Gasteiger charge is -2.35. The molecule has 7 nitrogen and oxygen atoms in total. The number of thioether (sulfide) groups is 1. The van der Waals surface area contributed by atoms with Gasteiger partial charge in [-0.3, -0.25) is 9.36 Å². The maximum Gasteiger partial charge on any atom is 0.350 e. The lowest BCUT2D eigenvalue weighted by molar-refractivity contribution is -0.126. The van der Waals surface area contributed by atoms with Crippen LogP contribution in [0.5, 0.6) is 0 Å². The van der Waals surface area contributed by atoms with Crippen LogP contribution in [0, 0.1) is 12.7 Å². The molecule has 0 spiro atoms. The van der Waals surface area contributed by atoms with Crippen LogP contribution in [0.25, 0.3) is 22.0 Å². The van der Waals surface area contributed by atoms with Crippen molar-refractivity contribution in [3.63, 3.8) is 0 Å². The van der Waals surface area contributed by atoms with Crippen molar-refractivity contribution < 1.29 is 9.18 Å². The van der Waals surface area contributed by atoms with Crippen LogP contribution in [0.2, 0.25) is 0 Å². The van der Waals surface area contributed by atoms with Gasteiger partial charge in [0.15, 0.2) is 0 Å². The van der Waals surface area contributed by atoms with Crippen LogP contribution in [0.4, 0.5) is 10.2 Å². The summed E-state index contributed by atoms with van der Waals surface area (Å²) in [4.78, 5) is 35.1. The van der Waals surface area contributed by atoms with Crippen molar-refractivity contribution in [1.29, 1.82) is 0 Å². The second kappa shape index (κ2) is 10.7. The van der Waals surface area contributed by atoms with Crippen molar-refractivity contribution in [3.05, 3.63) is 64.9 Å². The summed E-state index contributed by atoms with van der Waals surface area (Å²) in [6, 6.07) is 8.80. The summed E-state index contributed by atoms with van der Waals surface area (Å²) in [6.07, 6.45) is 2.35. The Morgan fingerprint density at radius 3 is 2.65 bits per heavy atom. The van der Waals surface area contributed by atoms with Crippen molar-refractivity contribution in [2.45, 2.75) is 37.8 Å². The number of piperazine rings is 1. The second-order valence-electron chi connectivity index (χ2n) is 9.61. The van der Waals surface area contributed by atoms with Crippen LogP contribution in [-0.2, 0) is 11.3 Å². The average molecular weight is 522 g/mol. The summed E-state index contributed by atoms with van der Waals surface area (Å²) in [6.45, 7) is 11.5. The minimum absolute atomic E-state index is 0.0807. The van der Waals surface area contributed by atoms with Gasteiger partial charge in [-0.2, -0.15) is 4.98 Å². The summed E-state index contributed by atoms with van der Waals surface area (Å²) in [7, 11) is 0. The number of nitrogens with one attached hydrogen (secondary N) is 1. The fourth-order valence-electron chi connectivity index (χ4n) is 5.25. The molecule has 1 atom stereocenters. The predicted molar refractivity (Wildman–Crippen MR) is 148 cm³/mol. The first-order valence-electron chi connectivity index (χ1n) is 12.8. The zero-order valence-corrected chi connectivity index (χ0v) is 22.1. The van der Waals surface area contributed by atoms with E-state index in [2.05, 4.69) is 41.7 Å². The smallest absolute Gasteiger partial charge is 0.350 e. The number of hydrogen-bond acceptors (Lipinski definition) is 6. The molecule has 0 aliphatic carbocycles. The van der Waals surface area contributed by atoms with E-state index in [1.807, 2.05) is 4.57 Å². The number of carbonyl (C=O) groups is 1. The number of anilines is 1. The number of hydrogen-bond donors (Lipinski definition) is 1. The molecule has 1 aromatic heterocycles. The van der Waals surface area contributed by atoms with Gasteiger partial charge in [0.05, 0.1) is 5.52 Å². The molecule has 2 aliphatic rings. The van der Waals surface area contributed by atoms with E-state index in [0.717, 1.165) is 51.2 Å². The molecule has 3 heterocycles. The van der Waals surface area contributed by atoms with Gasteiger partial charge in [-0.05, 0) is 55.3 Å². The zero-order chi connectivity index (χ0) is 26.1. The van der Waals surface area contributed by atoms with Gasteiger partial charge >= 0.3 is 5.69 Å². The Morgan fingerprint density at radius 1 is 1.24 bits per heavy atom. The third-order valence-electron chi connectivity index (χ3n) is 7.11. The van der Waals surface area contributed by atoms with Crippen molar-refractivity contribution >= 4 is 34.4 Å². The molecule has 1 amide bonds. The molecule has 2 aliphatic heterocycles. The fraction of sp³-hybridized carbons (Fsp3) is 0.393. The maximum atomic E-state index is 13.8. The average Bonchev–Trinajstić information content (AvgIpc) is 3.10. The molecular weight excluding hydrogens is 489 g/mol. The van der Waals surface area contributed by atoms with E-state index in [1.54, 1.807) is 28.8 Å². The number of aryl methyl sites for hydroxylation is 1. The van der Waals surface area contributed by atoms with Gasteiger partial charge in [0, 0.05) is 60.4 Å². The molecular formula is C28H32FN5O2S. The van der Waals surface area contributed by atoms with E-state index < -0.39 is 0 Å². The van der Waals surface area contributed by atoms with Crippen molar-refractivity contribution in [2.24, 2.45) is 0 Å². The first-order valence-corrected chi connectivity index (χ1v) is 13.8. The number of amides is 1. The highest BCUT2D eigenvalue weighted by Gasteiger charge is 2.28. The standard InChI is InChI=1S/C28H32FN5O2S/c1-4-10-30-21-16-34-25-22(27(31-28(34)36)33-13-11-32(12-14-33)23(35)5-2)15-18(3)24(26(25)37-17-21)19-6-8-20(29)9-7-19/h5-9,15,21,30H,2,4,10-14,16-17H2,1,3H3. The van der Waals surface area contributed by atoms with Crippen LogP contribution >= 0.6 is 11.8 Å². The Balaban J connectivity index is 1.67. The molecule has 0 saturated carbocycles. The van der Waals surface area contributed by atoms with Gasteiger partial charge in [0.2, 0.25) is 5.91 Å². The van der Waals surface area contributed by atoms with E-state index in [9.17, 15) is 14.0 Å². The third-order valence-corrected chi connectivity index (χ3v) is 8.36. The van der Waals surface area contributed by atoms with E-state index in [-0.39, 0.29) is 23.5 Å². The molecule has 5 rings (SSSR count). The predicted octanol–water partition coefficient (Wildman–Crippen LogP) is 3.82. The summed E-state index contributed by atoms with van der Waals surface area (Å²) < 4.78 is 15.6. The molecule has 1 saturated heterocycles. The van der Waals surface area contributed by atoms with E-state index in [0.29, 0.717) is 38.5 Å². The monoisotopic (exact) mass is 521 g/mol. The molecule has 9 heteroatoms. The van der Waals surface area contributed by atoms with Crippen LogP contribution in [0.1, 0.15) is 18.9 Å². The van der Waals surface area contributed by atoms with E-state index in [4.69, 9.17) is 0 Å². The van der Waals surface area contributed by atoms with Crippen molar-refractivity contribution in [1.82, 2.24) is 19.8 Å². The maximum absolute atomic E-state index is 13.8. The van der Waals surface area contributed by atoms with Crippen molar-refractivity contribution in [3.8, 4) is 11.1 Å². The van der Waals surface area contributed by atoms with Gasteiger partial charge in [0.25, 0.3) is 0 Å². The van der Waals surface area contributed by atoms with Gasteiger partial charge in [0.1, 0.15) is 11.6 Å². The quantitative estimate of drug-likeness (QED) is 0.498. The fourth-order valence-corrected chi connectivity index (χ4v) is 6.62. The molecule has 0 bridgehead atoms. The first kappa shape index (κ1) is 25.5. The Bertz CT molecular complexity index is 1400. The molecule has 3 aromatic rings. The lowest BCUT2D eigenvalue weighted by atomic mass is 9.97. The Hall–Kier alpha value is -3.17. The van der Waals surface area contributed by atoms with E-state index in [1.165, 1.54) is 18.2 Å². The van der Waals surface area contributed by atoms with Gasteiger partial charge in [-0.15, -0.1) is 11.8 Å². The molecule has 194 valence electrons. The largest absolute Gasteiger partial charge is 0.352 e. The number of aromatic nitrogens is 2. The minimum Gasteiger partial charge on any atom is -0.352 e.